The number of anilines is 2. The first kappa shape index (κ1) is 18.9. The van der Waals surface area contributed by atoms with Crippen LogP contribution in [0.25, 0.3) is 0 Å². The van der Waals surface area contributed by atoms with Crippen LogP contribution in [0.1, 0.15) is 44.7 Å². The van der Waals surface area contributed by atoms with E-state index in [0.29, 0.717) is 22.3 Å². The Kier molecular flexibility index (Phi) is 6.27. The largest absolute Gasteiger partial charge is 0.356 e. The molecule has 0 radical (unpaired) electrons. The summed E-state index contributed by atoms with van der Waals surface area (Å²) in [6.07, 6.45) is 3.59. The van der Waals surface area contributed by atoms with Crippen molar-refractivity contribution >= 4 is 40.7 Å². The lowest BCUT2D eigenvalue weighted by atomic mass is 10.0. The molecule has 5 nitrogen and oxygen atoms in total. The fourth-order valence-electron chi connectivity index (χ4n) is 3.21. The Balaban J connectivity index is 1.68. The summed E-state index contributed by atoms with van der Waals surface area (Å²) < 4.78 is 0. The van der Waals surface area contributed by atoms with Gasteiger partial charge in [-0.05, 0) is 50.9 Å². The number of piperidine rings is 1. The fraction of sp³-hybridized carbons (Fsp3) is 0.421. The van der Waals surface area contributed by atoms with Crippen molar-refractivity contribution < 1.29 is 0 Å². The van der Waals surface area contributed by atoms with Gasteiger partial charge in [-0.25, -0.2) is 4.98 Å². The molecule has 0 amide bonds. The van der Waals surface area contributed by atoms with Crippen molar-refractivity contribution in [3.63, 3.8) is 0 Å². The molecule has 26 heavy (non-hydrogen) atoms. The van der Waals surface area contributed by atoms with Crippen LogP contribution in [-0.2, 0) is 0 Å². The van der Waals surface area contributed by atoms with Gasteiger partial charge in [0.15, 0.2) is 5.11 Å². The number of thiocarbonyl (C=S) groups is 1. The number of halogens is 1. The SMILES string of the molecule is C[C@@H]1CCCCN1c1cc(Cl)nc(NC(=S)N[C@H](C)c2ccccc2)n1. The normalized spacial score (nSPS) is 18.3. The van der Waals surface area contributed by atoms with Gasteiger partial charge in [-0.3, -0.25) is 0 Å². The molecule has 2 heterocycles. The van der Waals surface area contributed by atoms with Gasteiger partial charge in [0.2, 0.25) is 5.95 Å². The molecule has 1 aliphatic rings. The summed E-state index contributed by atoms with van der Waals surface area (Å²) in [5.74, 6) is 1.27. The highest BCUT2D eigenvalue weighted by molar-refractivity contribution is 7.80. The van der Waals surface area contributed by atoms with E-state index >= 15 is 0 Å². The van der Waals surface area contributed by atoms with Gasteiger partial charge in [-0.15, -0.1) is 0 Å². The van der Waals surface area contributed by atoms with Crippen molar-refractivity contribution in [3.05, 3.63) is 47.1 Å². The molecule has 0 saturated carbocycles. The van der Waals surface area contributed by atoms with Crippen molar-refractivity contribution in [2.75, 3.05) is 16.8 Å². The van der Waals surface area contributed by atoms with E-state index in [-0.39, 0.29) is 6.04 Å². The van der Waals surface area contributed by atoms with Crippen LogP contribution in [0.2, 0.25) is 5.15 Å². The number of nitrogens with zero attached hydrogens (tertiary/aromatic N) is 3. The van der Waals surface area contributed by atoms with E-state index in [1.807, 2.05) is 24.3 Å². The Bertz CT molecular complexity index is 755. The fourth-order valence-corrected chi connectivity index (χ4v) is 3.65. The molecule has 138 valence electrons. The van der Waals surface area contributed by atoms with E-state index in [2.05, 4.69) is 51.5 Å². The number of benzene rings is 1. The molecule has 1 aliphatic heterocycles. The lowest BCUT2D eigenvalue weighted by molar-refractivity contribution is 0.481. The minimum Gasteiger partial charge on any atom is -0.356 e. The number of rotatable bonds is 4. The Morgan fingerprint density at radius 3 is 2.77 bits per heavy atom. The summed E-state index contributed by atoms with van der Waals surface area (Å²) >= 11 is 11.6. The van der Waals surface area contributed by atoms with Gasteiger partial charge in [-0.2, -0.15) is 4.98 Å². The van der Waals surface area contributed by atoms with Crippen molar-refractivity contribution in [2.45, 2.75) is 45.2 Å². The van der Waals surface area contributed by atoms with E-state index in [9.17, 15) is 0 Å². The predicted molar refractivity (Wildman–Crippen MR) is 112 cm³/mol. The maximum absolute atomic E-state index is 6.22. The molecule has 2 aromatic rings. The highest BCUT2D eigenvalue weighted by Gasteiger charge is 2.21. The zero-order valence-electron chi connectivity index (χ0n) is 15.1. The number of aromatic nitrogens is 2. The third-order valence-electron chi connectivity index (χ3n) is 4.65. The van der Waals surface area contributed by atoms with E-state index in [1.165, 1.54) is 19.3 Å². The molecule has 3 rings (SSSR count). The molecule has 0 spiro atoms. The summed E-state index contributed by atoms with van der Waals surface area (Å²) in [5, 5.41) is 7.20. The van der Waals surface area contributed by atoms with Crippen molar-refractivity contribution in [1.29, 1.82) is 0 Å². The van der Waals surface area contributed by atoms with Crippen LogP contribution in [0.15, 0.2) is 36.4 Å². The van der Waals surface area contributed by atoms with Crippen LogP contribution in [-0.4, -0.2) is 27.7 Å². The van der Waals surface area contributed by atoms with E-state index in [1.54, 1.807) is 0 Å². The average Bonchev–Trinajstić information content (AvgIpc) is 2.62. The molecule has 0 bridgehead atoms. The smallest absolute Gasteiger partial charge is 0.232 e. The molecule has 1 saturated heterocycles. The molecule has 2 atom stereocenters. The second-order valence-corrected chi connectivity index (χ2v) is 7.44. The van der Waals surface area contributed by atoms with Crippen molar-refractivity contribution in [1.82, 2.24) is 15.3 Å². The molecular weight excluding hydrogens is 366 g/mol. The van der Waals surface area contributed by atoms with Crippen LogP contribution < -0.4 is 15.5 Å². The lowest BCUT2D eigenvalue weighted by Crippen LogP contribution is -2.38. The van der Waals surface area contributed by atoms with Gasteiger partial charge in [0.25, 0.3) is 0 Å². The molecule has 1 fully saturated rings. The molecule has 7 heteroatoms. The van der Waals surface area contributed by atoms with Crippen LogP contribution in [0.3, 0.4) is 0 Å². The first-order chi connectivity index (χ1) is 12.5. The van der Waals surface area contributed by atoms with Gasteiger partial charge < -0.3 is 15.5 Å². The maximum Gasteiger partial charge on any atom is 0.232 e. The highest BCUT2D eigenvalue weighted by Crippen LogP contribution is 2.25. The Morgan fingerprint density at radius 2 is 2.04 bits per heavy atom. The van der Waals surface area contributed by atoms with Gasteiger partial charge in [0.1, 0.15) is 11.0 Å². The second-order valence-electron chi connectivity index (χ2n) is 6.64. The summed E-state index contributed by atoms with van der Waals surface area (Å²) in [4.78, 5) is 11.2. The van der Waals surface area contributed by atoms with E-state index < -0.39 is 0 Å². The highest BCUT2D eigenvalue weighted by atomic mass is 35.5. The minimum absolute atomic E-state index is 0.0805. The maximum atomic E-state index is 6.22. The van der Waals surface area contributed by atoms with Crippen LogP contribution in [0, 0.1) is 0 Å². The van der Waals surface area contributed by atoms with Crippen molar-refractivity contribution in [3.8, 4) is 0 Å². The van der Waals surface area contributed by atoms with Crippen molar-refractivity contribution in [2.24, 2.45) is 0 Å². The zero-order chi connectivity index (χ0) is 18.5. The summed E-state index contributed by atoms with van der Waals surface area (Å²) in [6.45, 7) is 5.26. The Hall–Kier alpha value is -1.92. The summed E-state index contributed by atoms with van der Waals surface area (Å²) in [5.41, 5.74) is 1.16. The topological polar surface area (TPSA) is 53.1 Å². The number of hydrogen-bond donors (Lipinski definition) is 2. The van der Waals surface area contributed by atoms with Gasteiger partial charge in [-0.1, -0.05) is 41.9 Å². The van der Waals surface area contributed by atoms with E-state index in [0.717, 1.165) is 17.9 Å². The first-order valence-corrected chi connectivity index (χ1v) is 9.75. The van der Waals surface area contributed by atoms with Gasteiger partial charge in [0.05, 0.1) is 6.04 Å². The third kappa shape index (κ3) is 4.83. The Labute approximate surface area is 165 Å². The monoisotopic (exact) mass is 389 g/mol. The van der Waals surface area contributed by atoms with Crippen LogP contribution >= 0.6 is 23.8 Å². The lowest BCUT2D eigenvalue weighted by Gasteiger charge is -2.34. The summed E-state index contributed by atoms with van der Waals surface area (Å²) in [7, 11) is 0. The molecule has 0 aliphatic carbocycles. The molecule has 2 N–H and O–H groups in total. The zero-order valence-corrected chi connectivity index (χ0v) is 16.6. The number of nitrogens with one attached hydrogen (secondary N) is 2. The van der Waals surface area contributed by atoms with Crippen LogP contribution in [0.5, 0.6) is 0 Å². The molecule has 1 aromatic carbocycles. The van der Waals surface area contributed by atoms with Gasteiger partial charge in [0, 0.05) is 18.7 Å². The molecule has 0 unspecified atom stereocenters. The van der Waals surface area contributed by atoms with E-state index in [4.69, 9.17) is 23.8 Å². The second kappa shape index (κ2) is 8.64. The first-order valence-electron chi connectivity index (χ1n) is 8.96. The number of hydrogen-bond acceptors (Lipinski definition) is 4. The standard InChI is InChI=1S/C19H24ClN5S/c1-13-8-6-7-11-25(13)17-12-16(20)22-18(23-17)24-19(26)21-14(2)15-9-4-3-5-10-15/h3-5,9-10,12-14H,6-8,11H2,1-2H3,(H2,21,22,23,24,26)/t13-,14-/m1/s1. The van der Waals surface area contributed by atoms with Gasteiger partial charge >= 0.3 is 0 Å². The molecular formula is C19H24ClN5S. The average molecular weight is 390 g/mol. The quantitative estimate of drug-likeness (QED) is 0.590. The predicted octanol–water partition coefficient (Wildman–Crippen LogP) is 4.56. The van der Waals surface area contributed by atoms with Crippen LogP contribution in [0.4, 0.5) is 11.8 Å². The summed E-state index contributed by atoms with van der Waals surface area (Å²) in [6, 6.07) is 12.5. The molecule has 1 aromatic heterocycles. The Morgan fingerprint density at radius 1 is 1.27 bits per heavy atom. The third-order valence-corrected chi connectivity index (χ3v) is 5.06. The minimum atomic E-state index is 0.0805.